The second-order valence-corrected chi connectivity index (χ2v) is 6.59. The van der Waals surface area contributed by atoms with Gasteiger partial charge in [-0.15, -0.1) is 0 Å². The molecule has 1 aromatic carbocycles. The number of fused-ring (bicyclic) bond motifs is 1. The molecule has 0 radical (unpaired) electrons. The minimum absolute atomic E-state index is 0.376. The molecule has 3 N–H and O–H groups in total. The molecular formula is C21H30N4O. The van der Waals surface area contributed by atoms with Crippen LogP contribution in [0, 0.1) is 0 Å². The first-order valence-corrected chi connectivity index (χ1v) is 9.34. The molecule has 3 rings (SSSR count). The molecule has 0 saturated heterocycles. The molecule has 140 valence electrons. The molecule has 5 heteroatoms. The van der Waals surface area contributed by atoms with Crippen LogP contribution in [-0.2, 0) is 4.74 Å². The van der Waals surface area contributed by atoms with Gasteiger partial charge >= 0.3 is 0 Å². The Morgan fingerprint density at radius 2 is 1.69 bits per heavy atom. The quantitative estimate of drug-likeness (QED) is 0.474. The summed E-state index contributed by atoms with van der Waals surface area (Å²) in [6.07, 6.45) is 3.89. The van der Waals surface area contributed by atoms with Crippen LogP contribution in [0.15, 0.2) is 36.7 Å². The Morgan fingerprint density at radius 1 is 1.04 bits per heavy atom. The summed E-state index contributed by atoms with van der Waals surface area (Å²) in [4.78, 5) is 12.0. The molecule has 0 atom stereocenters. The number of anilines is 1. The first kappa shape index (κ1) is 19.9. The monoisotopic (exact) mass is 354 g/mol. The maximum Gasteiger partial charge on any atom is 0.141 e. The van der Waals surface area contributed by atoms with Crippen LogP contribution in [0.1, 0.15) is 52.1 Å². The van der Waals surface area contributed by atoms with E-state index in [9.17, 15) is 0 Å². The molecule has 0 amide bonds. The molecule has 0 unspecified atom stereocenters. The van der Waals surface area contributed by atoms with Gasteiger partial charge < -0.3 is 15.5 Å². The van der Waals surface area contributed by atoms with Crippen molar-refractivity contribution in [1.29, 1.82) is 0 Å². The van der Waals surface area contributed by atoms with E-state index >= 15 is 0 Å². The van der Waals surface area contributed by atoms with Gasteiger partial charge in [0.1, 0.15) is 12.0 Å². The molecule has 0 spiro atoms. The highest BCUT2D eigenvalue weighted by molar-refractivity contribution is 5.85. The summed E-state index contributed by atoms with van der Waals surface area (Å²) in [5, 5.41) is 1.09. The highest BCUT2D eigenvalue weighted by Gasteiger charge is 2.11. The van der Waals surface area contributed by atoms with Gasteiger partial charge in [0.2, 0.25) is 0 Å². The molecule has 0 aliphatic heterocycles. The topological polar surface area (TPSA) is 76.8 Å². The van der Waals surface area contributed by atoms with E-state index in [0.29, 0.717) is 5.92 Å². The predicted octanol–water partition coefficient (Wildman–Crippen LogP) is 5.15. The van der Waals surface area contributed by atoms with Crippen molar-refractivity contribution >= 4 is 16.7 Å². The smallest absolute Gasteiger partial charge is 0.141 e. The summed E-state index contributed by atoms with van der Waals surface area (Å²) in [6.45, 7) is 10.4. The Bertz CT molecular complexity index is 789. The number of benzene rings is 1. The minimum atomic E-state index is 0.376. The van der Waals surface area contributed by atoms with Gasteiger partial charge in [-0.1, -0.05) is 39.8 Å². The average Bonchev–Trinajstić information content (AvgIpc) is 3.07. The normalized spacial score (nSPS) is 10.8. The average molecular weight is 354 g/mol. The van der Waals surface area contributed by atoms with E-state index in [-0.39, 0.29) is 0 Å². The van der Waals surface area contributed by atoms with Gasteiger partial charge in [0.15, 0.2) is 0 Å². The Hall–Kier alpha value is -2.40. The van der Waals surface area contributed by atoms with Crippen molar-refractivity contribution in [2.45, 2.75) is 46.5 Å². The number of nitrogens with one attached hydrogen (secondary N) is 1. The number of aromatic nitrogens is 3. The van der Waals surface area contributed by atoms with Crippen LogP contribution in [0.4, 0.5) is 5.69 Å². The second-order valence-electron chi connectivity index (χ2n) is 6.59. The highest BCUT2D eigenvalue weighted by atomic mass is 16.5. The van der Waals surface area contributed by atoms with E-state index in [2.05, 4.69) is 48.7 Å². The largest absolute Gasteiger partial charge is 0.399 e. The fourth-order valence-corrected chi connectivity index (χ4v) is 2.63. The lowest BCUT2D eigenvalue weighted by Gasteiger charge is -2.03. The van der Waals surface area contributed by atoms with Gasteiger partial charge in [-0.05, 0) is 42.5 Å². The lowest BCUT2D eigenvalue weighted by atomic mass is 10.1. The maximum absolute atomic E-state index is 5.71. The van der Waals surface area contributed by atoms with E-state index < -0.39 is 0 Å². The SMILES string of the molecule is CC(C)c1ncnc2[nH]c(-c3ccc(N)cc3)cc12.CCCOCCC. The maximum atomic E-state index is 5.71. The minimum Gasteiger partial charge on any atom is -0.399 e. The van der Waals surface area contributed by atoms with Crippen LogP contribution < -0.4 is 5.73 Å². The van der Waals surface area contributed by atoms with Gasteiger partial charge in [-0.3, -0.25) is 0 Å². The van der Waals surface area contributed by atoms with Gasteiger partial charge in [-0.2, -0.15) is 0 Å². The molecule has 26 heavy (non-hydrogen) atoms. The first-order valence-electron chi connectivity index (χ1n) is 9.34. The lowest BCUT2D eigenvalue weighted by Crippen LogP contribution is -1.93. The number of rotatable bonds is 6. The van der Waals surface area contributed by atoms with E-state index in [1.807, 2.05) is 24.3 Å². The zero-order chi connectivity index (χ0) is 18.9. The predicted molar refractivity (Wildman–Crippen MR) is 109 cm³/mol. The van der Waals surface area contributed by atoms with Crippen molar-refractivity contribution in [3.63, 3.8) is 0 Å². The number of hydrogen-bond acceptors (Lipinski definition) is 4. The third-order valence-corrected chi connectivity index (χ3v) is 3.92. The molecule has 2 heterocycles. The fraction of sp³-hybridized carbons (Fsp3) is 0.429. The number of hydrogen-bond donors (Lipinski definition) is 2. The van der Waals surface area contributed by atoms with Crippen LogP contribution in [0.5, 0.6) is 0 Å². The van der Waals surface area contributed by atoms with Gasteiger partial charge in [0, 0.05) is 30.0 Å². The van der Waals surface area contributed by atoms with Crippen molar-refractivity contribution in [2.24, 2.45) is 0 Å². The van der Waals surface area contributed by atoms with Crippen molar-refractivity contribution in [3.05, 3.63) is 42.4 Å². The third kappa shape index (κ3) is 5.30. The summed E-state index contributed by atoms with van der Waals surface area (Å²) in [5.74, 6) is 0.376. The number of H-pyrrole nitrogens is 1. The molecule has 0 aliphatic carbocycles. The molecule has 0 aliphatic rings. The van der Waals surface area contributed by atoms with Gasteiger partial charge in [0.05, 0.1) is 5.69 Å². The van der Waals surface area contributed by atoms with Crippen molar-refractivity contribution in [1.82, 2.24) is 15.0 Å². The zero-order valence-corrected chi connectivity index (χ0v) is 16.2. The highest BCUT2D eigenvalue weighted by Crippen LogP contribution is 2.27. The van der Waals surface area contributed by atoms with E-state index in [0.717, 1.165) is 59.7 Å². The number of aromatic amines is 1. The summed E-state index contributed by atoms with van der Waals surface area (Å²) >= 11 is 0. The van der Waals surface area contributed by atoms with Gasteiger partial charge in [0.25, 0.3) is 0 Å². The Labute approximate surface area is 156 Å². The lowest BCUT2D eigenvalue weighted by molar-refractivity contribution is 0.135. The molecule has 5 nitrogen and oxygen atoms in total. The van der Waals surface area contributed by atoms with E-state index in [1.54, 1.807) is 6.33 Å². The van der Waals surface area contributed by atoms with E-state index in [1.165, 1.54) is 0 Å². The van der Waals surface area contributed by atoms with Crippen molar-refractivity contribution in [3.8, 4) is 11.3 Å². The molecule has 3 aromatic rings. The standard InChI is InChI=1S/C15H16N4.C6H14O/c1-9(2)14-12-7-13(19-15(12)18-8-17-14)10-3-5-11(16)6-4-10;1-3-5-7-6-4-2/h3-9H,16H2,1-2H3,(H,17,18,19);3-6H2,1-2H3. The van der Waals surface area contributed by atoms with Crippen LogP contribution >= 0.6 is 0 Å². The first-order chi connectivity index (χ1) is 12.6. The molecular weight excluding hydrogens is 324 g/mol. The van der Waals surface area contributed by atoms with E-state index in [4.69, 9.17) is 10.5 Å². The Kier molecular flexibility index (Phi) is 7.60. The van der Waals surface area contributed by atoms with Crippen LogP contribution in [0.2, 0.25) is 0 Å². The molecule has 0 fully saturated rings. The summed E-state index contributed by atoms with van der Waals surface area (Å²) in [7, 11) is 0. The second kappa shape index (κ2) is 9.92. The third-order valence-electron chi connectivity index (χ3n) is 3.92. The Morgan fingerprint density at radius 3 is 2.27 bits per heavy atom. The number of nitrogen functional groups attached to an aromatic ring is 1. The summed E-state index contributed by atoms with van der Waals surface area (Å²) in [6, 6.07) is 9.91. The van der Waals surface area contributed by atoms with Crippen molar-refractivity contribution in [2.75, 3.05) is 18.9 Å². The number of nitrogens with two attached hydrogens (primary N) is 1. The Balaban J connectivity index is 0.000000298. The molecule has 0 bridgehead atoms. The molecule has 0 saturated carbocycles. The summed E-state index contributed by atoms with van der Waals surface area (Å²) in [5.41, 5.74) is 10.6. The van der Waals surface area contributed by atoms with Crippen LogP contribution in [-0.4, -0.2) is 28.2 Å². The van der Waals surface area contributed by atoms with Gasteiger partial charge in [-0.25, -0.2) is 9.97 Å². The fourth-order valence-electron chi connectivity index (χ4n) is 2.63. The molecule has 2 aromatic heterocycles. The van der Waals surface area contributed by atoms with Crippen LogP contribution in [0.25, 0.3) is 22.3 Å². The van der Waals surface area contributed by atoms with Crippen LogP contribution in [0.3, 0.4) is 0 Å². The van der Waals surface area contributed by atoms with Crippen molar-refractivity contribution < 1.29 is 4.74 Å². The zero-order valence-electron chi connectivity index (χ0n) is 16.2. The summed E-state index contributed by atoms with van der Waals surface area (Å²) < 4.78 is 5.13. The number of ether oxygens (including phenoxy) is 1. The number of nitrogens with zero attached hydrogens (tertiary/aromatic N) is 2.